The highest BCUT2D eigenvalue weighted by Gasteiger charge is 2.03. The first kappa shape index (κ1) is 8.87. The molecule has 0 saturated heterocycles. The van der Waals surface area contributed by atoms with Crippen molar-refractivity contribution < 1.29 is 15.0 Å². The van der Waals surface area contributed by atoms with Gasteiger partial charge in [0.2, 0.25) is 5.24 Å². The van der Waals surface area contributed by atoms with E-state index in [0.29, 0.717) is 5.56 Å². The molecule has 0 atom stereocenters. The van der Waals surface area contributed by atoms with Crippen LogP contribution in [-0.2, 0) is 11.2 Å². The maximum Gasteiger partial charge on any atom is 0.226 e. The van der Waals surface area contributed by atoms with Crippen LogP contribution in [0.2, 0.25) is 0 Å². The van der Waals surface area contributed by atoms with E-state index in [4.69, 9.17) is 21.8 Å². The van der Waals surface area contributed by atoms with Crippen molar-refractivity contribution in [2.24, 2.45) is 0 Å². The second-order valence-electron chi connectivity index (χ2n) is 2.35. The highest BCUT2D eigenvalue weighted by atomic mass is 35.5. The molecular weight excluding hydrogens is 180 g/mol. The summed E-state index contributed by atoms with van der Waals surface area (Å²) in [6.07, 6.45) is 0.0510. The fraction of sp³-hybridized carbons (Fsp3) is 0.125. The van der Waals surface area contributed by atoms with Crippen LogP contribution in [0.25, 0.3) is 0 Å². The Labute approximate surface area is 74.2 Å². The number of phenols is 2. The molecule has 1 rings (SSSR count). The Hall–Kier alpha value is -1.22. The van der Waals surface area contributed by atoms with E-state index in [-0.39, 0.29) is 17.9 Å². The predicted molar refractivity (Wildman–Crippen MR) is 44.3 cm³/mol. The van der Waals surface area contributed by atoms with Crippen molar-refractivity contribution in [1.82, 2.24) is 0 Å². The first-order valence-corrected chi connectivity index (χ1v) is 3.66. The average Bonchev–Trinajstić information content (AvgIpc) is 1.96. The van der Waals surface area contributed by atoms with E-state index >= 15 is 0 Å². The van der Waals surface area contributed by atoms with Crippen LogP contribution in [-0.4, -0.2) is 15.5 Å². The Morgan fingerprint density at radius 1 is 1.33 bits per heavy atom. The van der Waals surface area contributed by atoms with E-state index in [1.165, 1.54) is 18.2 Å². The molecule has 1 aromatic rings. The predicted octanol–water partition coefficient (Wildman–Crippen LogP) is 1.41. The van der Waals surface area contributed by atoms with Gasteiger partial charge in [0.05, 0.1) is 0 Å². The number of benzene rings is 1. The second-order valence-corrected chi connectivity index (χ2v) is 2.78. The third-order valence-electron chi connectivity index (χ3n) is 1.38. The van der Waals surface area contributed by atoms with Gasteiger partial charge in [-0.05, 0) is 29.3 Å². The Morgan fingerprint density at radius 3 is 2.50 bits per heavy atom. The van der Waals surface area contributed by atoms with Gasteiger partial charge in [-0.15, -0.1) is 0 Å². The van der Waals surface area contributed by atoms with Gasteiger partial charge in [-0.25, -0.2) is 0 Å². The molecule has 2 N–H and O–H groups in total. The summed E-state index contributed by atoms with van der Waals surface area (Å²) < 4.78 is 0. The van der Waals surface area contributed by atoms with Crippen molar-refractivity contribution in [3.8, 4) is 11.5 Å². The minimum absolute atomic E-state index is 0.0510. The van der Waals surface area contributed by atoms with E-state index in [1.54, 1.807) is 0 Å². The van der Waals surface area contributed by atoms with E-state index in [0.717, 1.165) is 0 Å². The van der Waals surface area contributed by atoms with Crippen LogP contribution in [0.4, 0.5) is 0 Å². The highest BCUT2D eigenvalue weighted by Crippen LogP contribution is 2.25. The van der Waals surface area contributed by atoms with Crippen molar-refractivity contribution in [1.29, 1.82) is 0 Å². The van der Waals surface area contributed by atoms with Gasteiger partial charge in [0, 0.05) is 6.42 Å². The van der Waals surface area contributed by atoms with Gasteiger partial charge >= 0.3 is 0 Å². The molecule has 0 unspecified atom stereocenters. The van der Waals surface area contributed by atoms with E-state index in [2.05, 4.69) is 0 Å². The molecule has 0 aromatic heterocycles. The molecule has 3 nitrogen and oxygen atoms in total. The Bertz CT molecular complexity index is 309. The molecule has 0 saturated carbocycles. The molecule has 1 aromatic carbocycles. The van der Waals surface area contributed by atoms with Gasteiger partial charge in [0.1, 0.15) is 0 Å². The lowest BCUT2D eigenvalue weighted by molar-refractivity contribution is -0.111. The topological polar surface area (TPSA) is 57.5 Å². The average molecular weight is 187 g/mol. The molecule has 0 aliphatic carbocycles. The molecule has 0 fully saturated rings. The van der Waals surface area contributed by atoms with E-state index in [9.17, 15) is 4.79 Å². The van der Waals surface area contributed by atoms with Crippen LogP contribution in [0, 0.1) is 0 Å². The SMILES string of the molecule is O=C(Cl)Cc1ccc(O)c(O)c1. The van der Waals surface area contributed by atoms with Gasteiger partial charge in [-0.1, -0.05) is 6.07 Å². The number of hydrogen-bond donors (Lipinski definition) is 2. The minimum Gasteiger partial charge on any atom is -0.504 e. The molecule has 0 aliphatic heterocycles. The lowest BCUT2D eigenvalue weighted by atomic mass is 10.1. The zero-order valence-electron chi connectivity index (χ0n) is 6.12. The minimum atomic E-state index is -0.500. The smallest absolute Gasteiger partial charge is 0.226 e. The number of aromatic hydroxyl groups is 2. The summed E-state index contributed by atoms with van der Waals surface area (Å²) in [6.45, 7) is 0. The first-order valence-electron chi connectivity index (χ1n) is 3.29. The summed E-state index contributed by atoms with van der Waals surface area (Å²) in [4.78, 5) is 10.4. The van der Waals surface area contributed by atoms with Crippen LogP contribution in [0.3, 0.4) is 0 Å². The molecule has 0 heterocycles. The summed E-state index contributed by atoms with van der Waals surface area (Å²) in [6, 6.07) is 4.13. The maximum atomic E-state index is 10.4. The molecule has 0 radical (unpaired) electrons. The number of rotatable bonds is 2. The summed E-state index contributed by atoms with van der Waals surface area (Å²) in [7, 11) is 0. The second kappa shape index (κ2) is 3.45. The van der Waals surface area contributed by atoms with Crippen molar-refractivity contribution in [2.75, 3.05) is 0 Å². The molecular formula is C8H7ClO3. The third-order valence-corrected chi connectivity index (χ3v) is 1.52. The maximum absolute atomic E-state index is 10.4. The van der Waals surface area contributed by atoms with Gasteiger partial charge < -0.3 is 10.2 Å². The number of phenolic OH excluding ortho intramolecular Hbond substituents is 2. The first-order chi connectivity index (χ1) is 5.59. The lowest BCUT2D eigenvalue weighted by Crippen LogP contribution is -1.92. The fourth-order valence-electron chi connectivity index (χ4n) is 0.839. The highest BCUT2D eigenvalue weighted by molar-refractivity contribution is 6.63. The van der Waals surface area contributed by atoms with Crippen molar-refractivity contribution in [3.05, 3.63) is 23.8 Å². The van der Waals surface area contributed by atoms with Crippen LogP contribution in [0.1, 0.15) is 5.56 Å². The Balaban J connectivity index is 2.89. The number of carbonyl (C=O) groups is 1. The number of hydrogen-bond acceptors (Lipinski definition) is 3. The third kappa shape index (κ3) is 2.13. The standard InChI is InChI=1S/C8H7ClO3/c9-8(12)4-5-1-2-6(10)7(11)3-5/h1-3,10-11H,4H2. The monoisotopic (exact) mass is 186 g/mol. The summed E-state index contributed by atoms with van der Waals surface area (Å²) in [5.74, 6) is -0.453. The quantitative estimate of drug-likeness (QED) is 0.542. The van der Waals surface area contributed by atoms with Crippen LogP contribution >= 0.6 is 11.6 Å². The summed E-state index contributed by atoms with van der Waals surface area (Å²) >= 11 is 5.12. The molecule has 0 aliphatic rings. The Kier molecular flexibility index (Phi) is 2.55. The lowest BCUT2D eigenvalue weighted by Gasteiger charge is -1.99. The van der Waals surface area contributed by atoms with Crippen molar-refractivity contribution in [3.63, 3.8) is 0 Å². The zero-order valence-corrected chi connectivity index (χ0v) is 6.88. The van der Waals surface area contributed by atoms with Crippen molar-refractivity contribution >= 4 is 16.8 Å². The van der Waals surface area contributed by atoms with Gasteiger partial charge in [-0.3, -0.25) is 4.79 Å². The molecule has 0 amide bonds. The normalized spacial score (nSPS) is 9.75. The van der Waals surface area contributed by atoms with Crippen LogP contribution in [0.15, 0.2) is 18.2 Å². The molecule has 64 valence electrons. The van der Waals surface area contributed by atoms with Crippen molar-refractivity contribution in [2.45, 2.75) is 6.42 Å². The summed E-state index contributed by atoms with van der Waals surface area (Å²) in [5, 5.41) is 17.4. The van der Waals surface area contributed by atoms with E-state index in [1.807, 2.05) is 0 Å². The van der Waals surface area contributed by atoms with E-state index < -0.39 is 5.24 Å². The molecule has 0 spiro atoms. The fourth-order valence-corrected chi connectivity index (χ4v) is 0.994. The number of halogens is 1. The Morgan fingerprint density at radius 2 is 2.00 bits per heavy atom. The van der Waals surface area contributed by atoms with Gasteiger partial charge in [-0.2, -0.15) is 0 Å². The van der Waals surface area contributed by atoms with Gasteiger partial charge in [0.15, 0.2) is 11.5 Å². The largest absolute Gasteiger partial charge is 0.504 e. The van der Waals surface area contributed by atoms with Crippen LogP contribution < -0.4 is 0 Å². The van der Waals surface area contributed by atoms with Gasteiger partial charge in [0.25, 0.3) is 0 Å². The molecule has 4 heteroatoms. The number of carbonyl (C=O) groups excluding carboxylic acids is 1. The summed E-state index contributed by atoms with van der Waals surface area (Å²) in [5.41, 5.74) is 0.574. The molecule has 0 bridgehead atoms. The molecule has 12 heavy (non-hydrogen) atoms. The zero-order chi connectivity index (χ0) is 9.14. The van der Waals surface area contributed by atoms with Crippen LogP contribution in [0.5, 0.6) is 11.5 Å².